The molecular weight excluding hydrogens is 314 g/mol. The quantitative estimate of drug-likeness (QED) is 0.560. The smallest absolute Gasteiger partial charge is 0.197 e. The molecule has 2 aromatic rings. The third kappa shape index (κ3) is 3.60. The van der Waals surface area contributed by atoms with Crippen LogP contribution < -0.4 is 4.90 Å². The lowest BCUT2D eigenvalue weighted by Gasteiger charge is -2.28. The lowest BCUT2D eigenvalue weighted by atomic mass is 10.1. The topological polar surface area (TPSA) is 20.3 Å². The van der Waals surface area contributed by atoms with Crippen molar-refractivity contribution in [2.75, 3.05) is 18.0 Å². The SMILES string of the molecule is O=C(/C=C/c1ccc(N2CCCCC2)cc1)c1sccc1Cl. The number of thiophene rings is 1. The van der Waals surface area contributed by atoms with Gasteiger partial charge in [-0.05, 0) is 54.5 Å². The number of nitrogens with zero attached hydrogens (tertiary/aromatic N) is 1. The van der Waals surface area contributed by atoms with E-state index in [0.717, 1.165) is 18.7 Å². The molecule has 1 aromatic heterocycles. The summed E-state index contributed by atoms with van der Waals surface area (Å²) in [6.07, 6.45) is 7.33. The van der Waals surface area contributed by atoms with Crippen molar-refractivity contribution in [3.63, 3.8) is 0 Å². The molecule has 0 atom stereocenters. The Balaban J connectivity index is 1.67. The summed E-state index contributed by atoms with van der Waals surface area (Å²) in [4.78, 5) is 15.1. The second kappa shape index (κ2) is 7.12. The fourth-order valence-electron chi connectivity index (χ4n) is 2.67. The van der Waals surface area contributed by atoms with Crippen molar-refractivity contribution >= 4 is 40.5 Å². The highest BCUT2D eigenvalue weighted by Crippen LogP contribution is 2.24. The molecule has 22 heavy (non-hydrogen) atoms. The van der Waals surface area contributed by atoms with Crippen LogP contribution in [-0.2, 0) is 0 Å². The van der Waals surface area contributed by atoms with Gasteiger partial charge >= 0.3 is 0 Å². The van der Waals surface area contributed by atoms with Crippen LogP contribution in [-0.4, -0.2) is 18.9 Å². The third-order valence-electron chi connectivity index (χ3n) is 3.88. The summed E-state index contributed by atoms with van der Waals surface area (Å²) in [5, 5.41) is 2.36. The van der Waals surface area contributed by atoms with E-state index in [9.17, 15) is 4.79 Å². The highest BCUT2D eigenvalue weighted by Gasteiger charge is 2.10. The number of piperidine rings is 1. The van der Waals surface area contributed by atoms with Crippen molar-refractivity contribution in [3.05, 3.63) is 57.3 Å². The lowest BCUT2D eigenvalue weighted by Crippen LogP contribution is -2.29. The molecule has 1 fully saturated rings. The van der Waals surface area contributed by atoms with E-state index in [2.05, 4.69) is 29.2 Å². The highest BCUT2D eigenvalue weighted by molar-refractivity contribution is 7.13. The van der Waals surface area contributed by atoms with Gasteiger partial charge in [0.1, 0.15) is 0 Å². The molecule has 3 rings (SSSR count). The molecule has 0 saturated carbocycles. The van der Waals surface area contributed by atoms with Gasteiger partial charge in [-0.1, -0.05) is 29.8 Å². The second-order valence-electron chi connectivity index (χ2n) is 5.43. The van der Waals surface area contributed by atoms with Gasteiger partial charge in [-0.25, -0.2) is 0 Å². The molecule has 2 nitrogen and oxygen atoms in total. The molecule has 2 heterocycles. The lowest BCUT2D eigenvalue weighted by molar-refractivity contribution is 0.105. The minimum Gasteiger partial charge on any atom is -0.372 e. The zero-order valence-corrected chi connectivity index (χ0v) is 13.9. The Bertz CT molecular complexity index is 669. The molecule has 1 aliphatic rings. The molecule has 1 aliphatic heterocycles. The summed E-state index contributed by atoms with van der Waals surface area (Å²) < 4.78 is 0. The van der Waals surface area contributed by atoms with Gasteiger partial charge < -0.3 is 4.90 Å². The molecule has 0 aliphatic carbocycles. The summed E-state index contributed by atoms with van der Waals surface area (Å²) in [7, 11) is 0. The van der Waals surface area contributed by atoms with Gasteiger partial charge in [0.2, 0.25) is 0 Å². The zero-order valence-electron chi connectivity index (χ0n) is 12.3. The molecule has 0 bridgehead atoms. The molecule has 4 heteroatoms. The van der Waals surface area contributed by atoms with Gasteiger partial charge in [0.05, 0.1) is 9.90 Å². The van der Waals surface area contributed by atoms with Crippen LogP contribution in [0.5, 0.6) is 0 Å². The van der Waals surface area contributed by atoms with Crippen LogP contribution in [0.15, 0.2) is 41.8 Å². The monoisotopic (exact) mass is 331 g/mol. The molecule has 0 unspecified atom stereocenters. The molecule has 1 saturated heterocycles. The number of halogens is 1. The van der Waals surface area contributed by atoms with Crippen molar-refractivity contribution in [1.29, 1.82) is 0 Å². The summed E-state index contributed by atoms with van der Waals surface area (Å²) in [5.41, 5.74) is 2.30. The van der Waals surface area contributed by atoms with Gasteiger partial charge in [-0.15, -0.1) is 11.3 Å². The molecule has 0 amide bonds. The Kier molecular flexibility index (Phi) is 4.96. The number of allylic oxidation sites excluding steroid dienone is 1. The first-order valence-corrected chi connectivity index (χ1v) is 8.80. The first-order chi connectivity index (χ1) is 10.7. The first kappa shape index (κ1) is 15.3. The average Bonchev–Trinajstić information content (AvgIpc) is 3.00. The van der Waals surface area contributed by atoms with Crippen molar-refractivity contribution in [1.82, 2.24) is 0 Å². The highest BCUT2D eigenvalue weighted by atomic mass is 35.5. The number of hydrogen-bond donors (Lipinski definition) is 0. The van der Waals surface area contributed by atoms with E-state index in [1.165, 1.54) is 36.3 Å². The van der Waals surface area contributed by atoms with Crippen LogP contribution >= 0.6 is 22.9 Å². The van der Waals surface area contributed by atoms with Crippen molar-refractivity contribution in [2.45, 2.75) is 19.3 Å². The van der Waals surface area contributed by atoms with Crippen LogP contribution in [0.4, 0.5) is 5.69 Å². The molecule has 114 valence electrons. The van der Waals surface area contributed by atoms with E-state index in [1.807, 2.05) is 11.5 Å². The van der Waals surface area contributed by atoms with Gasteiger partial charge in [0.15, 0.2) is 5.78 Å². The van der Waals surface area contributed by atoms with E-state index in [4.69, 9.17) is 11.6 Å². The second-order valence-corrected chi connectivity index (χ2v) is 6.76. The number of benzene rings is 1. The van der Waals surface area contributed by atoms with E-state index in [1.54, 1.807) is 12.1 Å². The standard InChI is InChI=1S/C18H18ClNOS/c19-16-10-13-22-18(16)17(21)9-6-14-4-7-15(8-5-14)20-11-2-1-3-12-20/h4-10,13H,1-3,11-12H2/b9-6+. The molecule has 0 N–H and O–H groups in total. The Labute approximate surface area is 140 Å². The molecule has 0 spiro atoms. The van der Waals surface area contributed by atoms with Crippen LogP contribution in [0.3, 0.4) is 0 Å². The maximum atomic E-state index is 12.0. The number of carbonyl (C=O) groups is 1. The fraction of sp³-hybridized carbons (Fsp3) is 0.278. The van der Waals surface area contributed by atoms with E-state index in [0.29, 0.717) is 9.90 Å². The molecule has 1 aromatic carbocycles. The number of ketones is 1. The average molecular weight is 332 g/mol. The van der Waals surface area contributed by atoms with Gasteiger partial charge in [-0.3, -0.25) is 4.79 Å². The van der Waals surface area contributed by atoms with Crippen molar-refractivity contribution in [3.8, 4) is 0 Å². The van der Waals surface area contributed by atoms with E-state index >= 15 is 0 Å². The molecule has 0 radical (unpaired) electrons. The van der Waals surface area contributed by atoms with Crippen LogP contribution in [0.1, 0.15) is 34.5 Å². The van der Waals surface area contributed by atoms with Crippen molar-refractivity contribution in [2.24, 2.45) is 0 Å². The maximum Gasteiger partial charge on any atom is 0.197 e. The number of hydrogen-bond acceptors (Lipinski definition) is 3. The van der Waals surface area contributed by atoms with Gasteiger partial charge in [0.25, 0.3) is 0 Å². The van der Waals surface area contributed by atoms with E-state index in [-0.39, 0.29) is 5.78 Å². The number of anilines is 1. The summed E-state index contributed by atoms with van der Waals surface area (Å²) in [5.74, 6) is -0.0416. The minimum absolute atomic E-state index is 0.0416. The van der Waals surface area contributed by atoms with Crippen LogP contribution in [0.2, 0.25) is 5.02 Å². The van der Waals surface area contributed by atoms with Crippen molar-refractivity contribution < 1.29 is 4.79 Å². The Morgan fingerprint density at radius 3 is 2.45 bits per heavy atom. The fourth-order valence-corrected chi connectivity index (χ4v) is 3.73. The van der Waals surface area contributed by atoms with Gasteiger partial charge in [-0.2, -0.15) is 0 Å². The van der Waals surface area contributed by atoms with Crippen LogP contribution in [0.25, 0.3) is 6.08 Å². The predicted octanol–water partition coefficient (Wildman–Crippen LogP) is 5.29. The summed E-state index contributed by atoms with van der Waals surface area (Å²) in [6, 6.07) is 10.1. The largest absolute Gasteiger partial charge is 0.372 e. The summed E-state index contributed by atoms with van der Waals surface area (Å²) >= 11 is 7.35. The number of rotatable bonds is 4. The van der Waals surface area contributed by atoms with Gasteiger partial charge in [0, 0.05) is 18.8 Å². The minimum atomic E-state index is -0.0416. The first-order valence-electron chi connectivity index (χ1n) is 7.54. The zero-order chi connectivity index (χ0) is 15.4. The predicted molar refractivity (Wildman–Crippen MR) is 95.2 cm³/mol. The normalized spacial score (nSPS) is 15.4. The number of carbonyl (C=O) groups excluding carboxylic acids is 1. The third-order valence-corrected chi connectivity index (χ3v) is 5.24. The Morgan fingerprint density at radius 1 is 1.09 bits per heavy atom. The summed E-state index contributed by atoms with van der Waals surface area (Å²) in [6.45, 7) is 2.29. The molecular formula is C18H18ClNOS. The Hall–Kier alpha value is -1.58. The maximum absolute atomic E-state index is 12.0. The van der Waals surface area contributed by atoms with Crippen LogP contribution in [0, 0.1) is 0 Å². The van der Waals surface area contributed by atoms with E-state index < -0.39 is 0 Å². The Morgan fingerprint density at radius 2 is 1.82 bits per heavy atom.